The third-order valence-electron chi connectivity index (χ3n) is 8.94. The van der Waals surface area contributed by atoms with Gasteiger partial charge in [-0.1, -0.05) is 18.5 Å². The highest BCUT2D eigenvalue weighted by Gasteiger charge is 2.59. The number of halogens is 4. The smallest absolute Gasteiger partial charge is 0.255 e. The number of sulfone groups is 1. The molecule has 222 valence electrons. The van der Waals surface area contributed by atoms with E-state index >= 15 is 0 Å². The molecular weight excluding hydrogens is 585 g/mol. The molecule has 2 amide bonds. The van der Waals surface area contributed by atoms with E-state index in [9.17, 15) is 41.4 Å². The van der Waals surface area contributed by atoms with Gasteiger partial charge in [0.05, 0.1) is 39.3 Å². The Hall–Kier alpha value is -2.67. The predicted octanol–water partition coefficient (Wildman–Crippen LogP) is 3.98. The van der Waals surface area contributed by atoms with E-state index in [0.29, 0.717) is 31.4 Å². The maximum absolute atomic E-state index is 13.8. The maximum atomic E-state index is 13.8. The topological polar surface area (TPSA) is 133 Å². The lowest BCUT2D eigenvalue weighted by Crippen LogP contribution is -2.52. The monoisotopic (exact) mass is 614 g/mol. The molecule has 3 aliphatic rings. The van der Waals surface area contributed by atoms with Crippen LogP contribution in [-0.4, -0.2) is 53.4 Å². The summed E-state index contributed by atoms with van der Waals surface area (Å²) in [6, 6.07) is 4.74. The van der Waals surface area contributed by atoms with E-state index in [1.807, 2.05) is 6.92 Å². The molecule has 2 aromatic rings. The molecule has 8 nitrogen and oxygen atoms in total. The predicted molar refractivity (Wildman–Crippen MR) is 143 cm³/mol. The number of anilines is 1. The molecule has 0 radical (unpaired) electrons. The lowest BCUT2D eigenvalue weighted by atomic mass is 9.71. The molecule has 2 bridgehead atoms. The van der Waals surface area contributed by atoms with Gasteiger partial charge in [0.25, 0.3) is 5.91 Å². The zero-order valence-electron chi connectivity index (χ0n) is 22.1. The third kappa shape index (κ3) is 5.47. The van der Waals surface area contributed by atoms with Crippen LogP contribution < -0.4 is 10.6 Å². The Morgan fingerprint density at radius 3 is 2.32 bits per heavy atom. The summed E-state index contributed by atoms with van der Waals surface area (Å²) in [6.07, 6.45) is 1.82. The number of carbonyl (C=O) groups excluding carboxylic acids is 2. The Labute approximate surface area is 240 Å². The van der Waals surface area contributed by atoms with Gasteiger partial charge < -0.3 is 20.8 Å². The first-order chi connectivity index (χ1) is 19.2. The van der Waals surface area contributed by atoms with Crippen molar-refractivity contribution >= 4 is 38.9 Å². The van der Waals surface area contributed by atoms with Gasteiger partial charge in [0.2, 0.25) is 5.91 Å². The Kier molecular flexibility index (Phi) is 7.67. The molecule has 13 heteroatoms. The number of rotatable bonds is 8. The molecular formula is C28H30ClF3N2O6S. The highest BCUT2D eigenvalue weighted by molar-refractivity contribution is 7.92. The number of hydrogen-bond donors (Lipinski definition) is 4. The van der Waals surface area contributed by atoms with Crippen LogP contribution in [0.15, 0.2) is 35.2 Å². The first-order valence-electron chi connectivity index (χ1n) is 13.3. The molecule has 5 atom stereocenters. The van der Waals surface area contributed by atoms with Crippen LogP contribution in [0.25, 0.3) is 0 Å². The average molecular weight is 615 g/mol. The van der Waals surface area contributed by atoms with Crippen molar-refractivity contribution in [2.24, 2.45) is 17.8 Å². The van der Waals surface area contributed by atoms with Crippen LogP contribution in [0, 0.1) is 35.2 Å². The number of carbonyl (C=O) groups is 2. The minimum atomic E-state index is -4.12. The summed E-state index contributed by atoms with van der Waals surface area (Å²) in [6.45, 7) is 1.73. The third-order valence-corrected chi connectivity index (χ3v) is 11.6. The first kappa shape index (κ1) is 29.8. The van der Waals surface area contributed by atoms with Crippen molar-refractivity contribution in [3.05, 3.63) is 58.4 Å². The normalized spacial score (nSPS) is 28.3. The van der Waals surface area contributed by atoms with Gasteiger partial charge in [0.1, 0.15) is 0 Å². The van der Waals surface area contributed by atoms with Crippen LogP contribution in [-0.2, 0) is 14.6 Å². The van der Waals surface area contributed by atoms with Crippen molar-refractivity contribution in [2.75, 3.05) is 11.9 Å². The number of nitrogens with one attached hydrogen (secondary N) is 2. The standard InChI is InChI=1S/C28H30ClF3N2O6S/c1-14-6-16-8-18(11-19(14)28(16,38)12-24(36)34-27(13-35)4-5-27)41(39,40)23-7-15(2-3-20(23)29)26(37)33-17-9-21(30)25(32)22(31)10-17/h2-3,7,9-10,14,16,18-19,35,38H,4-6,8,11-13H2,1H3,(H,33,37)(H,34,36)/t14-,16?,18+,19?,28+/m0/s1. The van der Waals surface area contributed by atoms with Crippen molar-refractivity contribution in [1.29, 1.82) is 0 Å². The molecule has 5 rings (SSSR count). The van der Waals surface area contributed by atoms with E-state index in [2.05, 4.69) is 10.6 Å². The lowest BCUT2D eigenvalue weighted by molar-refractivity contribution is -0.134. The van der Waals surface area contributed by atoms with Gasteiger partial charge in [-0.2, -0.15) is 0 Å². The molecule has 4 N–H and O–H groups in total. The van der Waals surface area contributed by atoms with Gasteiger partial charge >= 0.3 is 0 Å². The average Bonchev–Trinajstić information content (AvgIpc) is 3.66. The van der Waals surface area contributed by atoms with E-state index in [0.717, 1.165) is 6.07 Å². The van der Waals surface area contributed by atoms with Crippen LogP contribution in [0.2, 0.25) is 5.02 Å². The summed E-state index contributed by atoms with van der Waals surface area (Å²) in [5.74, 6) is -6.97. The maximum Gasteiger partial charge on any atom is 0.255 e. The molecule has 3 fully saturated rings. The quantitative estimate of drug-likeness (QED) is 0.333. The van der Waals surface area contributed by atoms with Gasteiger partial charge in [0, 0.05) is 23.4 Å². The van der Waals surface area contributed by atoms with E-state index in [1.54, 1.807) is 0 Å². The lowest BCUT2D eigenvalue weighted by Gasteiger charge is -2.43. The van der Waals surface area contributed by atoms with E-state index in [-0.39, 0.29) is 58.9 Å². The van der Waals surface area contributed by atoms with Gasteiger partial charge in [-0.05, 0) is 68.1 Å². The number of aliphatic hydroxyl groups is 2. The summed E-state index contributed by atoms with van der Waals surface area (Å²) in [5.41, 5.74) is -2.55. The Bertz CT molecular complexity index is 1500. The van der Waals surface area contributed by atoms with Crippen LogP contribution >= 0.6 is 11.6 Å². The fraction of sp³-hybridized carbons (Fsp3) is 0.500. The Morgan fingerprint density at radius 1 is 1.07 bits per heavy atom. The van der Waals surface area contributed by atoms with Crippen molar-refractivity contribution in [3.8, 4) is 0 Å². The zero-order valence-corrected chi connectivity index (χ0v) is 23.7. The van der Waals surface area contributed by atoms with Crippen LogP contribution in [0.3, 0.4) is 0 Å². The summed E-state index contributed by atoms with van der Waals surface area (Å²) in [5, 5.41) is 25.1. The fourth-order valence-electron chi connectivity index (χ4n) is 6.52. The second-order valence-corrected chi connectivity index (χ2v) is 14.3. The molecule has 3 aliphatic carbocycles. The second kappa shape index (κ2) is 10.6. The van der Waals surface area contributed by atoms with Crippen molar-refractivity contribution in [3.63, 3.8) is 0 Å². The SMILES string of the molecule is C[C@H]1CC2C[C@@H](S(=O)(=O)c3cc(C(=O)Nc4cc(F)c(F)c(F)c4)ccc3Cl)CC1[C@@]2(O)CC(=O)NC1(CO)CC1. The number of aliphatic hydroxyl groups excluding tert-OH is 1. The fourth-order valence-corrected chi connectivity index (χ4v) is 8.90. The van der Waals surface area contributed by atoms with E-state index < -0.39 is 61.4 Å². The van der Waals surface area contributed by atoms with E-state index in [1.165, 1.54) is 12.1 Å². The molecule has 0 saturated heterocycles. The highest BCUT2D eigenvalue weighted by atomic mass is 35.5. The summed E-state index contributed by atoms with van der Waals surface area (Å²) in [7, 11) is -4.12. The van der Waals surface area contributed by atoms with Crippen molar-refractivity contribution in [2.45, 2.75) is 66.7 Å². The minimum absolute atomic E-state index is 0.0465. The molecule has 0 aromatic heterocycles. The first-order valence-corrected chi connectivity index (χ1v) is 15.2. The molecule has 0 spiro atoms. The molecule has 2 unspecified atom stereocenters. The molecule has 0 aliphatic heterocycles. The second-order valence-electron chi connectivity index (χ2n) is 11.7. The van der Waals surface area contributed by atoms with Gasteiger partial charge in [-0.15, -0.1) is 0 Å². The highest BCUT2D eigenvalue weighted by Crippen LogP contribution is 2.56. The van der Waals surface area contributed by atoms with Gasteiger partial charge in [-0.3, -0.25) is 9.59 Å². The van der Waals surface area contributed by atoms with Gasteiger partial charge in [-0.25, -0.2) is 21.6 Å². The van der Waals surface area contributed by atoms with Crippen molar-refractivity contribution in [1.82, 2.24) is 5.32 Å². The van der Waals surface area contributed by atoms with Crippen LogP contribution in [0.5, 0.6) is 0 Å². The van der Waals surface area contributed by atoms with Crippen molar-refractivity contribution < 1.29 is 41.4 Å². The van der Waals surface area contributed by atoms with Crippen LogP contribution in [0.4, 0.5) is 18.9 Å². The van der Waals surface area contributed by atoms with E-state index in [4.69, 9.17) is 11.6 Å². The zero-order chi connectivity index (χ0) is 29.9. The van der Waals surface area contributed by atoms with Crippen LogP contribution in [0.1, 0.15) is 55.8 Å². The number of benzene rings is 2. The van der Waals surface area contributed by atoms with Gasteiger partial charge in [0.15, 0.2) is 27.3 Å². The summed E-state index contributed by atoms with van der Waals surface area (Å²) >= 11 is 6.27. The molecule has 0 heterocycles. The molecule has 41 heavy (non-hydrogen) atoms. The largest absolute Gasteiger partial charge is 0.394 e. The molecule has 3 saturated carbocycles. The Balaban J connectivity index is 1.35. The summed E-state index contributed by atoms with van der Waals surface area (Å²) < 4.78 is 68.0. The molecule has 2 aromatic carbocycles. The number of hydrogen-bond acceptors (Lipinski definition) is 6. The number of amides is 2. The minimum Gasteiger partial charge on any atom is -0.394 e. The summed E-state index contributed by atoms with van der Waals surface area (Å²) in [4.78, 5) is 25.3. The Morgan fingerprint density at radius 2 is 1.73 bits per heavy atom. The number of fused-ring (bicyclic) bond motifs is 2.